The molecular weight excluding hydrogens is 278 g/mol. The number of nitrogens with zero attached hydrogens (tertiary/aromatic N) is 2. The third-order valence-electron chi connectivity index (χ3n) is 3.32. The van der Waals surface area contributed by atoms with Crippen LogP contribution in [0.15, 0.2) is 58.7 Å². The van der Waals surface area contributed by atoms with E-state index in [1.807, 2.05) is 0 Å². The van der Waals surface area contributed by atoms with E-state index in [1.165, 1.54) is 15.7 Å². The molecule has 0 saturated heterocycles. The summed E-state index contributed by atoms with van der Waals surface area (Å²) in [7, 11) is 0. The Morgan fingerprint density at radius 3 is 2.67 bits per heavy atom. The zero-order chi connectivity index (χ0) is 14.7. The molecule has 4 heteroatoms. The van der Waals surface area contributed by atoms with Crippen LogP contribution < -0.4 is 5.32 Å². The lowest BCUT2D eigenvalue weighted by Crippen LogP contribution is -2.03. The lowest BCUT2D eigenvalue weighted by atomic mass is 10.1. The van der Waals surface area contributed by atoms with Crippen LogP contribution >= 0.6 is 11.8 Å². The Hall–Kier alpha value is -2.07. The van der Waals surface area contributed by atoms with E-state index in [4.69, 9.17) is 0 Å². The molecular formula is C17H17N3S. The quantitative estimate of drug-likeness (QED) is 0.718. The minimum absolute atomic E-state index is 0.859. The van der Waals surface area contributed by atoms with E-state index in [0.717, 1.165) is 23.0 Å². The summed E-state index contributed by atoms with van der Waals surface area (Å²) < 4.78 is 0. The molecule has 21 heavy (non-hydrogen) atoms. The Balaban J connectivity index is 1.93. The van der Waals surface area contributed by atoms with Gasteiger partial charge in [-0.2, -0.15) is 0 Å². The highest BCUT2D eigenvalue weighted by Crippen LogP contribution is 2.32. The number of anilines is 1. The van der Waals surface area contributed by atoms with Gasteiger partial charge < -0.3 is 5.32 Å². The summed E-state index contributed by atoms with van der Waals surface area (Å²) in [6.07, 6.45) is 1.62. The minimum atomic E-state index is 0.859. The highest BCUT2D eigenvalue weighted by molar-refractivity contribution is 7.99. The van der Waals surface area contributed by atoms with Gasteiger partial charge in [0.15, 0.2) is 0 Å². The van der Waals surface area contributed by atoms with Crippen molar-refractivity contribution in [3.8, 4) is 0 Å². The maximum atomic E-state index is 4.41. The van der Waals surface area contributed by atoms with Gasteiger partial charge in [-0.25, -0.2) is 9.97 Å². The molecule has 1 N–H and O–H groups in total. The highest BCUT2D eigenvalue weighted by atomic mass is 32.2. The Labute approximate surface area is 128 Å². The fourth-order valence-corrected chi connectivity index (χ4v) is 3.12. The van der Waals surface area contributed by atoms with Crippen LogP contribution in [0.4, 0.5) is 5.82 Å². The standard InChI is InChI=1S/C17H17N3S/c1-3-18-16-12(2)17(20-11-19-16)21-15-9-8-13-6-4-5-7-14(13)10-15/h4-11H,3H2,1-2H3,(H,18,19,20). The molecule has 0 radical (unpaired) electrons. The summed E-state index contributed by atoms with van der Waals surface area (Å²) in [5.74, 6) is 0.913. The van der Waals surface area contributed by atoms with Gasteiger partial charge in [0.1, 0.15) is 17.2 Å². The van der Waals surface area contributed by atoms with Crippen molar-refractivity contribution < 1.29 is 0 Å². The van der Waals surface area contributed by atoms with Crippen LogP contribution in [0, 0.1) is 6.92 Å². The van der Waals surface area contributed by atoms with E-state index < -0.39 is 0 Å². The van der Waals surface area contributed by atoms with Gasteiger partial charge >= 0.3 is 0 Å². The van der Waals surface area contributed by atoms with Crippen molar-refractivity contribution >= 4 is 28.4 Å². The average molecular weight is 295 g/mol. The van der Waals surface area contributed by atoms with Crippen LogP contribution in [0.3, 0.4) is 0 Å². The number of nitrogens with one attached hydrogen (secondary N) is 1. The molecule has 3 aromatic rings. The number of rotatable bonds is 4. The summed E-state index contributed by atoms with van der Waals surface area (Å²) in [6.45, 7) is 4.98. The molecule has 106 valence electrons. The summed E-state index contributed by atoms with van der Waals surface area (Å²) >= 11 is 1.68. The monoisotopic (exact) mass is 295 g/mol. The van der Waals surface area contributed by atoms with Crippen molar-refractivity contribution in [3.05, 3.63) is 54.4 Å². The minimum Gasteiger partial charge on any atom is -0.370 e. The molecule has 0 amide bonds. The zero-order valence-electron chi connectivity index (χ0n) is 12.1. The van der Waals surface area contributed by atoms with Crippen molar-refractivity contribution in [3.63, 3.8) is 0 Å². The van der Waals surface area contributed by atoms with Crippen LogP contribution in [0.5, 0.6) is 0 Å². The van der Waals surface area contributed by atoms with E-state index >= 15 is 0 Å². The molecule has 0 aliphatic heterocycles. The summed E-state index contributed by atoms with van der Waals surface area (Å²) in [4.78, 5) is 9.89. The molecule has 0 aliphatic carbocycles. The number of benzene rings is 2. The molecule has 3 nitrogen and oxygen atoms in total. The van der Waals surface area contributed by atoms with E-state index in [-0.39, 0.29) is 0 Å². The van der Waals surface area contributed by atoms with E-state index in [0.29, 0.717) is 0 Å². The van der Waals surface area contributed by atoms with Crippen LogP contribution in [0.25, 0.3) is 10.8 Å². The van der Waals surface area contributed by atoms with Gasteiger partial charge in [0.05, 0.1) is 0 Å². The van der Waals surface area contributed by atoms with Gasteiger partial charge in [-0.1, -0.05) is 42.1 Å². The van der Waals surface area contributed by atoms with Gasteiger partial charge in [0, 0.05) is 17.0 Å². The first kappa shape index (κ1) is 13.9. The molecule has 0 fully saturated rings. The van der Waals surface area contributed by atoms with Crippen LogP contribution in [-0.4, -0.2) is 16.5 Å². The van der Waals surface area contributed by atoms with Gasteiger partial charge in [-0.05, 0) is 36.8 Å². The molecule has 0 saturated carbocycles. The second kappa shape index (κ2) is 6.14. The maximum absolute atomic E-state index is 4.41. The SMILES string of the molecule is CCNc1ncnc(Sc2ccc3ccccc3c2)c1C. The third-order valence-corrected chi connectivity index (χ3v) is 4.41. The topological polar surface area (TPSA) is 37.8 Å². The van der Waals surface area contributed by atoms with Crippen molar-refractivity contribution in [2.75, 3.05) is 11.9 Å². The molecule has 3 rings (SSSR count). The van der Waals surface area contributed by atoms with Crippen LogP contribution in [0.1, 0.15) is 12.5 Å². The average Bonchev–Trinajstić information content (AvgIpc) is 2.51. The number of aromatic nitrogens is 2. The smallest absolute Gasteiger partial charge is 0.133 e. The summed E-state index contributed by atoms with van der Waals surface area (Å²) in [6, 6.07) is 14.9. The van der Waals surface area contributed by atoms with Crippen molar-refractivity contribution in [1.29, 1.82) is 0 Å². The van der Waals surface area contributed by atoms with E-state index in [2.05, 4.69) is 71.6 Å². The lowest BCUT2D eigenvalue weighted by molar-refractivity contribution is 0.990. The predicted molar refractivity (Wildman–Crippen MR) is 89.0 cm³/mol. The van der Waals surface area contributed by atoms with Crippen molar-refractivity contribution in [2.24, 2.45) is 0 Å². The number of fused-ring (bicyclic) bond motifs is 1. The molecule has 0 unspecified atom stereocenters. The predicted octanol–water partition coefficient (Wildman–Crippen LogP) is 4.52. The third kappa shape index (κ3) is 3.00. The molecule has 1 heterocycles. The second-order valence-electron chi connectivity index (χ2n) is 4.79. The van der Waals surface area contributed by atoms with Crippen molar-refractivity contribution in [1.82, 2.24) is 9.97 Å². The maximum Gasteiger partial charge on any atom is 0.133 e. The largest absolute Gasteiger partial charge is 0.370 e. The Kier molecular flexibility index (Phi) is 4.06. The fourth-order valence-electron chi connectivity index (χ4n) is 2.23. The van der Waals surface area contributed by atoms with Gasteiger partial charge in [0.25, 0.3) is 0 Å². The van der Waals surface area contributed by atoms with Gasteiger partial charge in [-0.15, -0.1) is 0 Å². The molecule has 0 aliphatic rings. The van der Waals surface area contributed by atoms with Gasteiger partial charge in [-0.3, -0.25) is 0 Å². The Bertz CT molecular complexity index is 771. The summed E-state index contributed by atoms with van der Waals surface area (Å²) in [5, 5.41) is 6.77. The first-order chi connectivity index (χ1) is 10.3. The van der Waals surface area contributed by atoms with E-state index in [9.17, 15) is 0 Å². The van der Waals surface area contributed by atoms with Gasteiger partial charge in [0.2, 0.25) is 0 Å². The Morgan fingerprint density at radius 2 is 1.86 bits per heavy atom. The van der Waals surface area contributed by atoms with Crippen LogP contribution in [-0.2, 0) is 0 Å². The number of hydrogen-bond donors (Lipinski definition) is 1. The van der Waals surface area contributed by atoms with E-state index in [1.54, 1.807) is 18.1 Å². The number of hydrogen-bond acceptors (Lipinski definition) is 4. The normalized spacial score (nSPS) is 10.8. The first-order valence-electron chi connectivity index (χ1n) is 7.00. The highest BCUT2D eigenvalue weighted by Gasteiger charge is 2.08. The lowest BCUT2D eigenvalue weighted by Gasteiger charge is -2.10. The zero-order valence-corrected chi connectivity index (χ0v) is 12.9. The molecule has 2 aromatic carbocycles. The molecule has 0 spiro atoms. The Morgan fingerprint density at radius 1 is 1.05 bits per heavy atom. The molecule has 0 atom stereocenters. The van der Waals surface area contributed by atoms with Crippen molar-refractivity contribution in [2.45, 2.75) is 23.8 Å². The molecule has 0 bridgehead atoms. The van der Waals surface area contributed by atoms with Crippen LogP contribution in [0.2, 0.25) is 0 Å². The fraction of sp³-hybridized carbons (Fsp3) is 0.176. The first-order valence-corrected chi connectivity index (χ1v) is 7.81. The molecule has 1 aromatic heterocycles. The second-order valence-corrected chi connectivity index (χ2v) is 5.86. The summed E-state index contributed by atoms with van der Waals surface area (Å²) in [5.41, 5.74) is 1.09.